The van der Waals surface area contributed by atoms with Gasteiger partial charge in [0.25, 0.3) is 15.9 Å². The van der Waals surface area contributed by atoms with Crippen molar-refractivity contribution in [2.75, 3.05) is 17.8 Å². The Morgan fingerprint density at radius 3 is 2.61 bits per heavy atom. The third kappa shape index (κ3) is 4.92. The van der Waals surface area contributed by atoms with Gasteiger partial charge in [-0.1, -0.05) is 18.2 Å². The van der Waals surface area contributed by atoms with Gasteiger partial charge in [-0.15, -0.1) is 11.3 Å². The number of para-hydroxylation sites is 1. The Hall–Kier alpha value is -2.36. The molecule has 0 fully saturated rings. The first-order valence-electron chi connectivity index (χ1n) is 9.12. The summed E-state index contributed by atoms with van der Waals surface area (Å²) in [6.07, 6.45) is 2.94. The van der Waals surface area contributed by atoms with E-state index in [0.29, 0.717) is 6.04 Å². The van der Waals surface area contributed by atoms with Gasteiger partial charge in [0.2, 0.25) is 0 Å². The second kappa shape index (κ2) is 8.76. The molecule has 0 aliphatic carbocycles. The smallest absolute Gasteiger partial charge is 0.271 e. The Morgan fingerprint density at radius 1 is 1.18 bits per heavy atom. The van der Waals surface area contributed by atoms with Crippen LogP contribution in [0.25, 0.3) is 0 Å². The van der Waals surface area contributed by atoms with Crippen molar-refractivity contribution < 1.29 is 18.1 Å². The number of hydrogen-bond donors (Lipinski definition) is 4. The van der Waals surface area contributed by atoms with Crippen LogP contribution in [0.15, 0.2) is 57.8 Å². The molecule has 0 saturated heterocycles. The van der Waals surface area contributed by atoms with Crippen LogP contribution in [0, 0.1) is 0 Å². The van der Waals surface area contributed by atoms with E-state index < -0.39 is 15.9 Å². The largest absolute Gasteiger partial charge is 0.329 e. The average Bonchev–Trinajstić information content (AvgIpc) is 3.22. The lowest BCUT2D eigenvalue weighted by molar-refractivity contribution is -0.917. The van der Waals surface area contributed by atoms with Crippen LogP contribution in [0.3, 0.4) is 0 Å². The number of rotatable bonds is 7. The second-order valence-electron chi connectivity index (χ2n) is 6.91. The van der Waals surface area contributed by atoms with E-state index in [9.17, 15) is 13.2 Å². The summed E-state index contributed by atoms with van der Waals surface area (Å²) in [7, 11) is -3.72. The number of anilines is 1. The van der Waals surface area contributed by atoms with Gasteiger partial charge in [-0.3, -0.25) is 14.9 Å². The third-order valence-corrected chi connectivity index (χ3v) is 7.42. The minimum absolute atomic E-state index is 0.199. The predicted octanol–water partition coefficient (Wildman–Crippen LogP) is 1.36. The number of nitrogens with one attached hydrogen (secondary N) is 4. The molecule has 1 atom stereocenters. The fourth-order valence-electron chi connectivity index (χ4n) is 2.98. The standard InChI is InChI=1S/C19H24N4O3S2/c1-14(2)23-11-9-15(10-12-23)20-21-19(24)16-6-3-4-7-17(16)22-28(25,26)18-8-5-13-27-18/h3-9,13-14,20,22H,10-12H2,1-2H3,(H,21,24)/p+1. The van der Waals surface area contributed by atoms with Crippen LogP contribution in [-0.4, -0.2) is 33.5 Å². The predicted molar refractivity (Wildman–Crippen MR) is 111 cm³/mol. The number of sulfonamides is 1. The van der Waals surface area contributed by atoms with Gasteiger partial charge in [0.1, 0.15) is 4.21 Å². The molecular formula is C19H25N4O3S2+. The van der Waals surface area contributed by atoms with E-state index in [0.717, 1.165) is 36.5 Å². The maximum absolute atomic E-state index is 12.6. The lowest BCUT2D eigenvalue weighted by Crippen LogP contribution is -3.15. The van der Waals surface area contributed by atoms with Crippen molar-refractivity contribution in [1.29, 1.82) is 0 Å². The zero-order chi connectivity index (χ0) is 20.1. The summed E-state index contributed by atoms with van der Waals surface area (Å²) in [4.78, 5) is 14.1. The van der Waals surface area contributed by atoms with Gasteiger partial charge < -0.3 is 10.3 Å². The van der Waals surface area contributed by atoms with Crippen LogP contribution in [0.5, 0.6) is 0 Å². The van der Waals surface area contributed by atoms with Crippen molar-refractivity contribution in [2.45, 2.75) is 30.5 Å². The van der Waals surface area contributed by atoms with E-state index in [2.05, 4.69) is 35.5 Å². The van der Waals surface area contributed by atoms with Crippen LogP contribution in [0.2, 0.25) is 0 Å². The maximum Gasteiger partial charge on any atom is 0.271 e. The first-order chi connectivity index (χ1) is 13.4. The number of carbonyl (C=O) groups excluding carboxylic acids is 1. The summed E-state index contributed by atoms with van der Waals surface area (Å²) in [6, 6.07) is 10.3. The number of quaternary nitrogens is 1. The highest BCUT2D eigenvalue weighted by molar-refractivity contribution is 7.94. The van der Waals surface area contributed by atoms with E-state index in [-0.39, 0.29) is 15.5 Å². The van der Waals surface area contributed by atoms with Gasteiger partial charge in [-0.2, -0.15) is 0 Å². The summed E-state index contributed by atoms with van der Waals surface area (Å²) in [6.45, 7) is 6.30. The van der Waals surface area contributed by atoms with Crippen molar-refractivity contribution in [3.63, 3.8) is 0 Å². The fraction of sp³-hybridized carbons (Fsp3) is 0.316. The first kappa shape index (κ1) is 20.4. The Kier molecular flexibility index (Phi) is 6.38. The monoisotopic (exact) mass is 421 g/mol. The molecule has 1 aliphatic rings. The molecule has 2 heterocycles. The Morgan fingerprint density at radius 2 is 1.96 bits per heavy atom. The number of thiophene rings is 1. The first-order valence-corrected chi connectivity index (χ1v) is 11.5. The van der Waals surface area contributed by atoms with E-state index >= 15 is 0 Å². The molecule has 1 amide bonds. The summed E-state index contributed by atoms with van der Waals surface area (Å²) >= 11 is 1.12. The second-order valence-corrected chi connectivity index (χ2v) is 9.77. The number of amides is 1. The Labute approximate surface area is 169 Å². The van der Waals surface area contributed by atoms with E-state index in [1.807, 2.05) is 0 Å². The Bertz CT molecular complexity index is 953. The third-order valence-electron chi connectivity index (χ3n) is 4.66. The number of carbonyl (C=O) groups is 1. The van der Waals surface area contributed by atoms with Gasteiger partial charge >= 0.3 is 0 Å². The molecule has 1 aliphatic heterocycles. The summed E-state index contributed by atoms with van der Waals surface area (Å²) in [5.74, 6) is -0.399. The van der Waals surface area contributed by atoms with Gasteiger partial charge in [0.05, 0.1) is 30.4 Å². The molecule has 1 aromatic heterocycles. The number of hydrogen-bond acceptors (Lipinski definition) is 5. The van der Waals surface area contributed by atoms with Crippen molar-refractivity contribution in [3.05, 3.63) is 59.1 Å². The molecule has 0 radical (unpaired) electrons. The van der Waals surface area contributed by atoms with Crippen molar-refractivity contribution >= 4 is 33.0 Å². The number of benzene rings is 1. The molecule has 1 aromatic carbocycles. The molecule has 28 heavy (non-hydrogen) atoms. The fourth-order valence-corrected chi connectivity index (χ4v) is 5.05. The Balaban J connectivity index is 1.67. The van der Waals surface area contributed by atoms with Crippen LogP contribution in [0.4, 0.5) is 5.69 Å². The molecule has 4 N–H and O–H groups in total. The summed E-state index contributed by atoms with van der Waals surface area (Å²) in [5.41, 5.74) is 7.10. The van der Waals surface area contributed by atoms with Gasteiger partial charge in [-0.25, -0.2) is 8.42 Å². The number of hydrazine groups is 1. The SMILES string of the molecule is CC(C)[NH+]1CC=C(NNC(=O)c2ccccc2NS(=O)(=O)c2cccs2)CC1. The lowest BCUT2D eigenvalue weighted by Gasteiger charge is -2.27. The highest BCUT2D eigenvalue weighted by Crippen LogP contribution is 2.22. The van der Waals surface area contributed by atoms with Crippen molar-refractivity contribution in [2.24, 2.45) is 0 Å². The molecule has 9 heteroatoms. The molecule has 2 aromatic rings. The molecule has 3 rings (SSSR count). The van der Waals surface area contributed by atoms with E-state index in [1.54, 1.807) is 35.7 Å². The van der Waals surface area contributed by atoms with E-state index in [4.69, 9.17) is 0 Å². The van der Waals surface area contributed by atoms with Crippen LogP contribution in [-0.2, 0) is 10.0 Å². The highest BCUT2D eigenvalue weighted by atomic mass is 32.2. The van der Waals surface area contributed by atoms with Gasteiger partial charge in [0.15, 0.2) is 0 Å². The molecule has 0 bridgehead atoms. The summed E-state index contributed by atoms with van der Waals surface area (Å²) in [5, 5.41) is 1.69. The van der Waals surface area contributed by atoms with Gasteiger partial charge in [0, 0.05) is 12.1 Å². The molecule has 1 unspecified atom stereocenters. The van der Waals surface area contributed by atoms with Crippen LogP contribution >= 0.6 is 11.3 Å². The minimum Gasteiger partial charge on any atom is -0.329 e. The van der Waals surface area contributed by atoms with E-state index in [1.165, 1.54) is 11.0 Å². The normalized spacial score (nSPS) is 17.1. The van der Waals surface area contributed by atoms with Crippen LogP contribution in [0.1, 0.15) is 30.6 Å². The molecule has 150 valence electrons. The maximum atomic E-state index is 12.6. The lowest BCUT2D eigenvalue weighted by atomic mass is 10.1. The molecule has 7 nitrogen and oxygen atoms in total. The zero-order valence-corrected chi connectivity index (χ0v) is 17.5. The van der Waals surface area contributed by atoms with Crippen molar-refractivity contribution in [1.82, 2.24) is 10.9 Å². The highest BCUT2D eigenvalue weighted by Gasteiger charge is 2.20. The molecular weight excluding hydrogens is 396 g/mol. The topological polar surface area (TPSA) is 91.7 Å². The van der Waals surface area contributed by atoms with Gasteiger partial charge in [-0.05, 0) is 43.5 Å². The molecule has 0 spiro atoms. The van der Waals surface area contributed by atoms with Crippen LogP contribution < -0.4 is 20.5 Å². The average molecular weight is 422 g/mol. The quantitative estimate of drug-likeness (QED) is 0.508. The minimum atomic E-state index is -3.72. The zero-order valence-electron chi connectivity index (χ0n) is 15.9. The summed E-state index contributed by atoms with van der Waals surface area (Å²) < 4.78 is 27.6. The molecule has 0 saturated carbocycles. The van der Waals surface area contributed by atoms with Crippen molar-refractivity contribution in [3.8, 4) is 0 Å².